The molecule has 1 aliphatic heterocycles. The Morgan fingerprint density at radius 2 is 1.96 bits per heavy atom. The molecule has 0 spiro atoms. The van der Waals surface area contributed by atoms with Gasteiger partial charge in [-0.2, -0.15) is 0 Å². The first kappa shape index (κ1) is 16.7. The molecule has 5 heteroatoms. The van der Waals surface area contributed by atoms with Crippen molar-refractivity contribution in [3.63, 3.8) is 0 Å². The van der Waals surface area contributed by atoms with Gasteiger partial charge in [0.1, 0.15) is 18.3 Å². The van der Waals surface area contributed by atoms with Crippen molar-refractivity contribution in [3.05, 3.63) is 70.1 Å². The van der Waals surface area contributed by atoms with Gasteiger partial charge in [0.25, 0.3) is 0 Å². The lowest BCUT2D eigenvalue weighted by Crippen LogP contribution is -2.38. The first-order valence-corrected chi connectivity index (χ1v) is 8.88. The molecule has 0 saturated heterocycles. The van der Waals surface area contributed by atoms with Crippen molar-refractivity contribution < 1.29 is 13.9 Å². The summed E-state index contributed by atoms with van der Waals surface area (Å²) in [5.41, 5.74) is 2.39. The Labute approximate surface area is 151 Å². The minimum absolute atomic E-state index is 0.0667. The van der Waals surface area contributed by atoms with Crippen LogP contribution in [0, 0.1) is 0 Å². The summed E-state index contributed by atoms with van der Waals surface area (Å²) in [6, 6.07) is 15.2. The summed E-state index contributed by atoms with van der Waals surface area (Å²) in [6.45, 7) is 3.77. The summed E-state index contributed by atoms with van der Waals surface area (Å²) < 4.78 is 17.0. The van der Waals surface area contributed by atoms with Gasteiger partial charge in [0.05, 0.1) is 0 Å². The van der Waals surface area contributed by atoms with Gasteiger partial charge in [0, 0.05) is 24.5 Å². The van der Waals surface area contributed by atoms with Gasteiger partial charge < -0.3 is 19.2 Å². The van der Waals surface area contributed by atoms with E-state index in [1.807, 2.05) is 36.4 Å². The smallest absolute Gasteiger partial charge is 0.336 e. The highest BCUT2D eigenvalue weighted by Gasteiger charge is 2.20. The lowest BCUT2D eigenvalue weighted by atomic mass is 10.1. The van der Waals surface area contributed by atoms with Gasteiger partial charge in [-0.3, -0.25) is 0 Å². The van der Waals surface area contributed by atoms with Gasteiger partial charge in [-0.25, -0.2) is 4.79 Å². The van der Waals surface area contributed by atoms with Crippen molar-refractivity contribution in [2.45, 2.75) is 26.0 Å². The van der Waals surface area contributed by atoms with E-state index in [2.05, 4.69) is 18.3 Å². The maximum absolute atomic E-state index is 11.9. The van der Waals surface area contributed by atoms with Gasteiger partial charge >= 0.3 is 5.63 Å². The normalized spacial score (nSPS) is 16.0. The van der Waals surface area contributed by atoms with Crippen molar-refractivity contribution in [1.82, 2.24) is 5.32 Å². The van der Waals surface area contributed by atoms with E-state index in [1.165, 1.54) is 0 Å². The molecular formula is C21H21NO4. The number of aryl methyl sites for hydroxylation is 1. The summed E-state index contributed by atoms with van der Waals surface area (Å²) in [6.07, 6.45) is 0.839. The number of hydrogen-bond donors (Lipinski definition) is 1. The quantitative estimate of drug-likeness (QED) is 0.715. The number of hydrogen-bond acceptors (Lipinski definition) is 5. The monoisotopic (exact) mass is 351 g/mol. The molecule has 0 aliphatic carbocycles. The molecule has 0 amide bonds. The molecule has 1 atom stereocenters. The number of rotatable bonds is 5. The second-order valence-corrected chi connectivity index (χ2v) is 6.40. The van der Waals surface area contributed by atoms with Crippen LogP contribution in [0.15, 0.2) is 57.7 Å². The van der Waals surface area contributed by atoms with Gasteiger partial charge in [0.2, 0.25) is 0 Å². The Bertz CT molecular complexity index is 979. The molecule has 2 heterocycles. The molecular weight excluding hydrogens is 330 g/mol. The average molecular weight is 351 g/mol. The molecule has 1 N–H and O–H groups in total. The van der Waals surface area contributed by atoms with Crippen molar-refractivity contribution >= 4 is 11.0 Å². The zero-order chi connectivity index (χ0) is 17.9. The largest absolute Gasteiger partial charge is 0.486 e. The Balaban J connectivity index is 1.44. The van der Waals surface area contributed by atoms with E-state index in [0.29, 0.717) is 25.3 Å². The first-order chi connectivity index (χ1) is 12.7. The lowest BCUT2D eigenvalue weighted by molar-refractivity contribution is 0.0902. The molecule has 5 nitrogen and oxygen atoms in total. The fourth-order valence-electron chi connectivity index (χ4n) is 3.17. The van der Waals surface area contributed by atoms with Crippen LogP contribution in [0.1, 0.15) is 18.1 Å². The van der Waals surface area contributed by atoms with E-state index < -0.39 is 0 Å². The molecule has 0 bridgehead atoms. The highest BCUT2D eigenvalue weighted by atomic mass is 16.6. The van der Waals surface area contributed by atoms with Crippen LogP contribution in [0.5, 0.6) is 11.5 Å². The number of nitrogens with one attached hydrogen (secondary N) is 1. The molecule has 0 unspecified atom stereocenters. The predicted octanol–water partition coefficient (Wildman–Crippen LogP) is 3.29. The summed E-state index contributed by atoms with van der Waals surface area (Å²) in [7, 11) is 0. The van der Waals surface area contributed by atoms with Crippen LogP contribution in [-0.2, 0) is 13.0 Å². The van der Waals surface area contributed by atoms with E-state index in [1.54, 1.807) is 6.07 Å². The zero-order valence-corrected chi connectivity index (χ0v) is 14.7. The summed E-state index contributed by atoms with van der Waals surface area (Å²) in [5, 5.41) is 4.32. The Kier molecular flexibility index (Phi) is 4.63. The van der Waals surface area contributed by atoms with Gasteiger partial charge in [-0.15, -0.1) is 0 Å². The summed E-state index contributed by atoms with van der Waals surface area (Å²) in [4.78, 5) is 11.9. The van der Waals surface area contributed by atoms with Crippen molar-refractivity contribution in [2.75, 3.05) is 13.2 Å². The van der Waals surface area contributed by atoms with Crippen LogP contribution in [0.2, 0.25) is 0 Å². The Hall–Kier alpha value is -2.79. The summed E-state index contributed by atoms with van der Waals surface area (Å²) >= 11 is 0. The number of benzene rings is 2. The van der Waals surface area contributed by atoms with Crippen LogP contribution in [0.4, 0.5) is 0 Å². The third kappa shape index (κ3) is 3.44. The minimum atomic E-state index is -0.325. The number of ether oxygens (including phenoxy) is 2. The lowest BCUT2D eigenvalue weighted by Gasteiger charge is -2.26. The average Bonchev–Trinajstić information content (AvgIpc) is 2.67. The fourth-order valence-corrected chi connectivity index (χ4v) is 3.17. The molecule has 4 rings (SSSR count). The molecule has 134 valence electrons. The van der Waals surface area contributed by atoms with E-state index in [9.17, 15) is 4.79 Å². The third-order valence-electron chi connectivity index (χ3n) is 4.56. The second kappa shape index (κ2) is 7.22. The van der Waals surface area contributed by atoms with Crippen molar-refractivity contribution in [3.8, 4) is 11.5 Å². The van der Waals surface area contributed by atoms with Gasteiger partial charge in [0.15, 0.2) is 11.5 Å². The van der Waals surface area contributed by atoms with Crippen LogP contribution in [0.25, 0.3) is 11.0 Å². The molecule has 0 saturated carbocycles. The standard InChI is InChI=1S/C21H21NO4/c1-2-14-7-8-17-15(10-21(23)26-20(17)9-14)11-22-12-16-13-24-18-5-3-4-6-19(18)25-16/h3-10,16,22H,2,11-13H2,1H3/t16-/m0/s1. The van der Waals surface area contributed by atoms with Gasteiger partial charge in [-0.05, 0) is 35.7 Å². The van der Waals surface area contributed by atoms with Gasteiger partial charge in [-0.1, -0.05) is 31.2 Å². The van der Waals surface area contributed by atoms with Crippen LogP contribution in [-0.4, -0.2) is 19.3 Å². The first-order valence-electron chi connectivity index (χ1n) is 8.88. The summed E-state index contributed by atoms with van der Waals surface area (Å²) in [5.74, 6) is 1.55. The Morgan fingerprint density at radius 3 is 2.81 bits per heavy atom. The van der Waals surface area contributed by atoms with Crippen LogP contribution < -0.4 is 20.4 Å². The molecule has 0 radical (unpaired) electrons. The third-order valence-corrected chi connectivity index (χ3v) is 4.56. The SMILES string of the molecule is CCc1ccc2c(CNC[C@H]3COc4ccccc4O3)cc(=O)oc2c1. The highest BCUT2D eigenvalue weighted by Crippen LogP contribution is 2.30. The zero-order valence-electron chi connectivity index (χ0n) is 14.7. The van der Waals surface area contributed by atoms with Crippen LogP contribution >= 0.6 is 0 Å². The maximum Gasteiger partial charge on any atom is 0.336 e. The maximum atomic E-state index is 11.9. The molecule has 0 fully saturated rings. The van der Waals surface area contributed by atoms with Crippen molar-refractivity contribution in [1.29, 1.82) is 0 Å². The second-order valence-electron chi connectivity index (χ2n) is 6.40. The van der Waals surface area contributed by atoms with E-state index >= 15 is 0 Å². The number of fused-ring (bicyclic) bond motifs is 2. The molecule has 26 heavy (non-hydrogen) atoms. The highest BCUT2D eigenvalue weighted by molar-refractivity contribution is 5.80. The van der Waals surface area contributed by atoms with E-state index in [0.717, 1.165) is 34.4 Å². The van der Waals surface area contributed by atoms with E-state index in [-0.39, 0.29) is 11.7 Å². The topological polar surface area (TPSA) is 60.7 Å². The minimum Gasteiger partial charge on any atom is -0.486 e. The van der Waals surface area contributed by atoms with Crippen LogP contribution in [0.3, 0.4) is 0 Å². The Morgan fingerprint density at radius 1 is 1.12 bits per heavy atom. The predicted molar refractivity (Wildman–Crippen MR) is 99.9 cm³/mol. The molecule has 2 aromatic carbocycles. The molecule has 3 aromatic rings. The van der Waals surface area contributed by atoms with Crippen molar-refractivity contribution in [2.24, 2.45) is 0 Å². The molecule has 1 aliphatic rings. The van der Waals surface area contributed by atoms with E-state index in [4.69, 9.17) is 13.9 Å². The number of para-hydroxylation sites is 2. The fraction of sp³-hybridized carbons (Fsp3) is 0.286. The molecule has 1 aromatic heterocycles.